The molecule has 0 atom stereocenters. The van der Waals surface area contributed by atoms with E-state index in [1.165, 1.54) is 38.5 Å². The summed E-state index contributed by atoms with van der Waals surface area (Å²) in [5.74, 6) is -0.135. The molecular weight excluding hydrogens is 292 g/mol. The van der Waals surface area contributed by atoms with E-state index in [1.807, 2.05) is 0 Å². The molecule has 23 heavy (non-hydrogen) atoms. The van der Waals surface area contributed by atoms with Crippen molar-refractivity contribution in [2.75, 3.05) is 6.54 Å². The summed E-state index contributed by atoms with van der Waals surface area (Å²) < 4.78 is 0. The average molecular weight is 316 g/mol. The Morgan fingerprint density at radius 3 is 2.26 bits per heavy atom. The van der Waals surface area contributed by atoms with Gasteiger partial charge in [-0.25, -0.2) is 9.59 Å². The van der Waals surface area contributed by atoms with E-state index in [2.05, 4.69) is 10.6 Å². The predicted molar refractivity (Wildman–Crippen MR) is 87.3 cm³/mol. The quantitative estimate of drug-likeness (QED) is 0.754. The van der Waals surface area contributed by atoms with Gasteiger partial charge in [0.2, 0.25) is 0 Å². The summed E-state index contributed by atoms with van der Waals surface area (Å²) in [4.78, 5) is 22.8. The number of carbonyl (C=O) groups excluding carboxylic acids is 1. The fourth-order valence-electron chi connectivity index (χ4n) is 3.65. The second kappa shape index (κ2) is 6.60. The SMILES string of the molecule is O=C(NCc1ccc(C(=O)O)cc1)NCC1(C2CCC2)CCC1. The number of carboxylic acid groups (broad SMARTS) is 1. The van der Waals surface area contributed by atoms with Gasteiger partial charge in [0.05, 0.1) is 5.56 Å². The van der Waals surface area contributed by atoms with Gasteiger partial charge in [-0.1, -0.05) is 25.0 Å². The normalized spacial score (nSPS) is 19.3. The maximum atomic E-state index is 12.0. The highest BCUT2D eigenvalue weighted by Gasteiger charge is 2.46. The smallest absolute Gasteiger partial charge is 0.335 e. The number of aromatic carboxylic acids is 1. The number of rotatable bonds is 6. The van der Waals surface area contributed by atoms with Crippen LogP contribution in [-0.4, -0.2) is 23.7 Å². The highest BCUT2D eigenvalue weighted by molar-refractivity contribution is 5.87. The second-order valence-electron chi connectivity index (χ2n) is 6.88. The van der Waals surface area contributed by atoms with E-state index < -0.39 is 5.97 Å². The molecule has 5 heteroatoms. The maximum Gasteiger partial charge on any atom is 0.335 e. The minimum Gasteiger partial charge on any atom is -0.478 e. The maximum absolute atomic E-state index is 12.0. The lowest BCUT2D eigenvalue weighted by Gasteiger charge is -2.51. The molecule has 0 aliphatic heterocycles. The molecule has 0 bridgehead atoms. The fourth-order valence-corrected chi connectivity index (χ4v) is 3.65. The van der Waals surface area contributed by atoms with Gasteiger partial charge in [0.1, 0.15) is 0 Å². The first-order chi connectivity index (χ1) is 11.1. The number of hydrogen-bond acceptors (Lipinski definition) is 2. The number of hydrogen-bond donors (Lipinski definition) is 3. The van der Waals surface area contributed by atoms with Crippen molar-refractivity contribution in [1.29, 1.82) is 0 Å². The monoisotopic (exact) mass is 316 g/mol. The van der Waals surface area contributed by atoms with Gasteiger partial charge in [0.25, 0.3) is 0 Å². The van der Waals surface area contributed by atoms with Crippen molar-refractivity contribution in [2.24, 2.45) is 11.3 Å². The van der Waals surface area contributed by atoms with Crippen LogP contribution in [0.3, 0.4) is 0 Å². The molecule has 0 saturated heterocycles. The molecule has 2 saturated carbocycles. The zero-order valence-electron chi connectivity index (χ0n) is 13.3. The molecule has 1 aromatic rings. The Kier molecular flexibility index (Phi) is 4.55. The van der Waals surface area contributed by atoms with Gasteiger partial charge >= 0.3 is 12.0 Å². The summed E-state index contributed by atoms with van der Waals surface area (Å²) in [5, 5.41) is 14.7. The molecule has 2 aliphatic carbocycles. The van der Waals surface area contributed by atoms with Crippen LogP contribution < -0.4 is 10.6 Å². The second-order valence-corrected chi connectivity index (χ2v) is 6.88. The minimum absolute atomic E-state index is 0.141. The number of benzene rings is 1. The van der Waals surface area contributed by atoms with Crippen LogP contribution in [0.15, 0.2) is 24.3 Å². The summed E-state index contributed by atoms with van der Waals surface area (Å²) in [5.41, 5.74) is 1.51. The summed E-state index contributed by atoms with van der Waals surface area (Å²) in [7, 11) is 0. The van der Waals surface area contributed by atoms with E-state index in [-0.39, 0.29) is 11.6 Å². The number of amides is 2. The summed E-state index contributed by atoms with van der Waals surface area (Å²) in [6.07, 6.45) is 7.75. The van der Waals surface area contributed by atoms with Gasteiger partial charge in [-0.15, -0.1) is 0 Å². The predicted octanol–water partition coefficient (Wildman–Crippen LogP) is 3.15. The van der Waals surface area contributed by atoms with Crippen LogP contribution in [0.2, 0.25) is 0 Å². The van der Waals surface area contributed by atoms with Gasteiger partial charge in [-0.05, 0) is 54.7 Å². The van der Waals surface area contributed by atoms with Gasteiger partial charge in [0, 0.05) is 13.1 Å². The first kappa shape index (κ1) is 15.8. The molecule has 3 rings (SSSR count). The van der Waals surface area contributed by atoms with Crippen LogP contribution >= 0.6 is 0 Å². The van der Waals surface area contributed by atoms with Crippen molar-refractivity contribution < 1.29 is 14.7 Å². The lowest BCUT2D eigenvalue weighted by Crippen LogP contribution is -2.50. The number of carboxylic acids is 1. The van der Waals surface area contributed by atoms with E-state index in [0.29, 0.717) is 12.0 Å². The van der Waals surface area contributed by atoms with Crippen molar-refractivity contribution in [3.05, 3.63) is 35.4 Å². The standard InChI is InChI=1S/C18H24N2O3/c21-16(22)14-7-5-13(6-8-14)11-19-17(23)20-12-18(9-2-10-18)15-3-1-4-15/h5-8,15H,1-4,9-12H2,(H,21,22)(H2,19,20,23). The molecule has 0 spiro atoms. The van der Waals surface area contributed by atoms with Crippen LogP contribution in [0.25, 0.3) is 0 Å². The van der Waals surface area contributed by atoms with E-state index in [1.54, 1.807) is 24.3 Å². The molecule has 0 heterocycles. The number of urea groups is 1. The Morgan fingerprint density at radius 1 is 1.09 bits per heavy atom. The van der Waals surface area contributed by atoms with Crippen molar-refractivity contribution in [3.8, 4) is 0 Å². The lowest BCUT2D eigenvalue weighted by molar-refractivity contribution is 0.00539. The molecule has 1 aromatic carbocycles. The highest BCUT2D eigenvalue weighted by Crippen LogP contribution is 2.53. The molecule has 0 unspecified atom stereocenters. The van der Waals surface area contributed by atoms with Crippen LogP contribution in [0.5, 0.6) is 0 Å². The van der Waals surface area contributed by atoms with Crippen LogP contribution in [0.1, 0.15) is 54.4 Å². The zero-order chi connectivity index (χ0) is 16.3. The van der Waals surface area contributed by atoms with Crippen molar-refractivity contribution >= 4 is 12.0 Å². The molecule has 0 radical (unpaired) electrons. The van der Waals surface area contributed by atoms with Crippen molar-refractivity contribution in [3.63, 3.8) is 0 Å². The van der Waals surface area contributed by atoms with Crippen molar-refractivity contribution in [2.45, 2.75) is 45.1 Å². The number of nitrogens with one attached hydrogen (secondary N) is 2. The van der Waals surface area contributed by atoms with Crippen LogP contribution in [-0.2, 0) is 6.54 Å². The topological polar surface area (TPSA) is 78.4 Å². The summed E-state index contributed by atoms with van der Waals surface area (Å²) in [6.45, 7) is 1.18. The molecule has 5 nitrogen and oxygen atoms in total. The molecule has 2 amide bonds. The third-order valence-electron chi connectivity index (χ3n) is 5.58. The Labute approximate surface area is 136 Å². The van der Waals surface area contributed by atoms with Gasteiger partial charge in [0.15, 0.2) is 0 Å². The Morgan fingerprint density at radius 2 is 1.78 bits per heavy atom. The number of carbonyl (C=O) groups is 2. The first-order valence-corrected chi connectivity index (χ1v) is 8.43. The van der Waals surface area contributed by atoms with Gasteiger partial charge < -0.3 is 15.7 Å². The molecule has 3 N–H and O–H groups in total. The first-order valence-electron chi connectivity index (χ1n) is 8.43. The van der Waals surface area contributed by atoms with Crippen LogP contribution in [0, 0.1) is 11.3 Å². The van der Waals surface area contributed by atoms with E-state index in [4.69, 9.17) is 5.11 Å². The Hall–Kier alpha value is -2.04. The lowest BCUT2D eigenvalue weighted by atomic mass is 9.55. The summed E-state index contributed by atoms with van der Waals surface area (Å²) in [6, 6.07) is 6.42. The highest BCUT2D eigenvalue weighted by atomic mass is 16.4. The Balaban J connectivity index is 1.43. The van der Waals surface area contributed by atoms with Gasteiger partial charge in [-0.3, -0.25) is 0 Å². The minimum atomic E-state index is -0.941. The largest absolute Gasteiger partial charge is 0.478 e. The summed E-state index contributed by atoms with van der Waals surface area (Å²) >= 11 is 0. The fraction of sp³-hybridized carbons (Fsp3) is 0.556. The third-order valence-corrected chi connectivity index (χ3v) is 5.58. The van der Waals surface area contributed by atoms with Crippen LogP contribution in [0.4, 0.5) is 4.79 Å². The molecule has 2 fully saturated rings. The molecule has 0 aromatic heterocycles. The Bertz CT molecular complexity index is 574. The molecule has 2 aliphatic rings. The van der Waals surface area contributed by atoms with Crippen molar-refractivity contribution in [1.82, 2.24) is 10.6 Å². The average Bonchev–Trinajstić information content (AvgIpc) is 2.46. The molecule has 124 valence electrons. The zero-order valence-corrected chi connectivity index (χ0v) is 13.3. The van der Waals surface area contributed by atoms with E-state index >= 15 is 0 Å². The van der Waals surface area contributed by atoms with Gasteiger partial charge in [-0.2, -0.15) is 0 Å². The van der Waals surface area contributed by atoms with E-state index in [0.717, 1.165) is 18.0 Å². The van der Waals surface area contributed by atoms with E-state index in [9.17, 15) is 9.59 Å². The molecular formula is C18H24N2O3. The third kappa shape index (κ3) is 3.49.